The molecule has 0 aromatic rings. The van der Waals surface area contributed by atoms with Gasteiger partial charge in [0.05, 0.1) is 11.8 Å². The van der Waals surface area contributed by atoms with Crippen LogP contribution in [0.3, 0.4) is 0 Å². The lowest BCUT2D eigenvalue weighted by molar-refractivity contribution is -0.140. The Labute approximate surface area is 113 Å². The maximum atomic E-state index is 12.1. The second kappa shape index (κ2) is 5.12. The average Bonchev–Trinajstić information content (AvgIpc) is 2.72. The Morgan fingerprint density at radius 2 is 1.84 bits per heavy atom. The number of carboxylic acids is 1. The Balaban J connectivity index is 1.84. The van der Waals surface area contributed by atoms with Gasteiger partial charge < -0.3 is 15.5 Å². The van der Waals surface area contributed by atoms with Crippen molar-refractivity contribution in [2.45, 2.75) is 33.1 Å². The molecule has 0 saturated heterocycles. The predicted octanol–water partition coefficient (Wildman–Crippen LogP) is 0.868. The summed E-state index contributed by atoms with van der Waals surface area (Å²) < 4.78 is 0. The molecule has 0 aliphatic heterocycles. The quantitative estimate of drug-likeness (QED) is 0.691. The fraction of sp³-hybridized carbons (Fsp3) is 0.857. The molecule has 2 fully saturated rings. The Morgan fingerprint density at radius 1 is 1.21 bits per heavy atom. The van der Waals surface area contributed by atoms with Crippen LogP contribution in [0.2, 0.25) is 0 Å². The van der Waals surface area contributed by atoms with Crippen molar-refractivity contribution in [3.05, 3.63) is 0 Å². The van der Waals surface area contributed by atoms with Gasteiger partial charge in [0.25, 0.3) is 0 Å². The van der Waals surface area contributed by atoms with E-state index in [4.69, 9.17) is 5.11 Å². The summed E-state index contributed by atoms with van der Waals surface area (Å²) in [6.07, 6.45) is 3.14. The molecule has 2 unspecified atom stereocenters. The molecule has 0 bridgehead atoms. The second-order valence-electron chi connectivity index (χ2n) is 6.49. The first-order chi connectivity index (χ1) is 8.89. The number of aliphatic hydroxyl groups is 1. The monoisotopic (exact) mass is 269 g/mol. The minimum atomic E-state index is -0.890. The number of carbonyl (C=O) groups excluding carboxylic acids is 1. The van der Waals surface area contributed by atoms with E-state index in [1.54, 1.807) is 0 Å². The van der Waals surface area contributed by atoms with Gasteiger partial charge in [-0.3, -0.25) is 9.59 Å². The van der Waals surface area contributed by atoms with Gasteiger partial charge in [-0.1, -0.05) is 20.3 Å². The summed E-state index contributed by atoms with van der Waals surface area (Å²) in [7, 11) is 0. The first kappa shape index (κ1) is 14.3. The molecule has 2 rings (SSSR count). The Hall–Kier alpha value is -1.10. The molecule has 5 nitrogen and oxygen atoms in total. The molecule has 0 aromatic heterocycles. The number of carbonyl (C=O) groups is 2. The minimum Gasteiger partial charge on any atom is -0.481 e. The smallest absolute Gasteiger partial charge is 0.307 e. The lowest BCUT2D eigenvalue weighted by Crippen LogP contribution is -2.33. The fourth-order valence-electron chi connectivity index (χ4n) is 3.55. The maximum absolute atomic E-state index is 12.1. The SMILES string of the molecule is CC1(C)[C@H](C(=O)O)[C@@H]1C(=O)NCC1CCCC1CO. The third kappa shape index (κ3) is 2.61. The number of aliphatic carboxylic acids is 1. The van der Waals surface area contributed by atoms with E-state index < -0.39 is 23.2 Å². The van der Waals surface area contributed by atoms with E-state index >= 15 is 0 Å². The molecule has 108 valence electrons. The summed E-state index contributed by atoms with van der Waals surface area (Å²) in [6, 6.07) is 0. The van der Waals surface area contributed by atoms with Gasteiger partial charge in [0.1, 0.15) is 0 Å². The molecule has 19 heavy (non-hydrogen) atoms. The van der Waals surface area contributed by atoms with Crippen LogP contribution in [-0.4, -0.2) is 35.2 Å². The van der Waals surface area contributed by atoms with E-state index in [-0.39, 0.29) is 18.4 Å². The zero-order chi connectivity index (χ0) is 14.2. The molecular formula is C14H23NO4. The minimum absolute atomic E-state index is 0.152. The van der Waals surface area contributed by atoms with E-state index in [1.165, 1.54) is 0 Å². The van der Waals surface area contributed by atoms with E-state index in [2.05, 4.69) is 5.32 Å². The van der Waals surface area contributed by atoms with Crippen molar-refractivity contribution >= 4 is 11.9 Å². The van der Waals surface area contributed by atoms with Crippen LogP contribution in [-0.2, 0) is 9.59 Å². The Kier molecular flexibility index (Phi) is 3.85. The van der Waals surface area contributed by atoms with Gasteiger partial charge in [-0.25, -0.2) is 0 Å². The van der Waals surface area contributed by atoms with Crippen LogP contribution in [0.1, 0.15) is 33.1 Å². The van der Waals surface area contributed by atoms with Crippen LogP contribution in [0.4, 0.5) is 0 Å². The molecule has 2 aliphatic rings. The van der Waals surface area contributed by atoms with Crippen LogP contribution in [0.5, 0.6) is 0 Å². The molecule has 0 heterocycles. The predicted molar refractivity (Wildman–Crippen MR) is 69.3 cm³/mol. The summed E-state index contributed by atoms with van der Waals surface area (Å²) in [5.41, 5.74) is -0.442. The first-order valence-corrected chi connectivity index (χ1v) is 7.01. The Morgan fingerprint density at radius 3 is 2.37 bits per heavy atom. The molecule has 3 N–H and O–H groups in total. The molecule has 0 aromatic carbocycles. The topological polar surface area (TPSA) is 86.6 Å². The summed E-state index contributed by atoms with van der Waals surface area (Å²) in [6.45, 7) is 4.38. The molecular weight excluding hydrogens is 246 g/mol. The third-order valence-corrected chi connectivity index (χ3v) is 4.97. The number of aliphatic hydroxyl groups excluding tert-OH is 1. The van der Waals surface area contributed by atoms with Gasteiger partial charge in [0.15, 0.2) is 0 Å². The number of carboxylic acid groups (broad SMARTS) is 1. The number of amides is 1. The first-order valence-electron chi connectivity index (χ1n) is 7.01. The van der Waals surface area contributed by atoms with Crippen LogP contribution < -0.4 is 5.32 Å². The van der Waals surface area contributed by atoms with Crippen molar-refractivity contribution in [3.63, 3.8) is 0 Å². The van der Waals surface area contributed by atoms with Crippen molar-refractivity contribution in [1.29, 1.82) is 0 Å². The summed E-state index contributed by atoms with van der Waals surface area (Å²) in [5, 5.41) is 21.2. The standard InChI is InChI=1S/C14H23NO4/c1-14(2)10(11(14)13(18)19)12(17)15-6-8-4-3-5-9(8)7-16/h8-11,16H,3-7H2,1-2H3,(H,15,17)(H,18,19)/t8?,9?,10-,11+/m1/s1. The van der Waals surface area contributed by atoms with Crippen LogP contribution >= 0.6 is 0 Å². The molecule has 4 atom stereocenters. The number of hydrogen-bond donors (Lipinski definition) is 3. The summed E-state index contributed by atoms with van der Waals surface area (Å²) in [4.78, 5) is 23.1. The third-order valence-electron chi connectivity index (χ3n) is 4.97. The van der Waals surface area contributed by atoms with E-state index in [0.717, 1.165) is 19.3 Å². The zero-order valence-electron chi connectivity index (χ0n) is 11.6. The van der Waals surface area contributed by atoms with Crippen LogP contribution in [0.15, 0.2) is 0 Å². The van der Waals surface area contributed by atoms with Crippen molar-refractivity contribution in [2.24, 2.45) is 29.1 Å². The zero-order valence-corrected chi connectivity index (χ0v) is 11.6. The summed E-state index contributed by atoms with van der Waals surface area (Å²) >= 11 is 0. The van der Waals surface area contributed by atoms with Crippen molar-refractivity contribution in [3.8, 4) is 0 Å². The van der Waals surface area contributed by atoms with Crippen molar-refractivity contribution in [2.75, 3.05) is 13.2 Å². The summed E-state index contributed by atoms with van der Waals surface area (Å²) in [5.74, 6) is -1.41. The van der Waals surface area contributed by atoms with Crippen molar-refractivity contribution < 1.29 is 19.8 Å². The highest BCUT2D eigenvalue weighted by atomic mass is 16.4. The van der Waals surface area contributed by atoms with Crippen molar-refractivity contribution in [1.82, 2.24) is 5.32 Å². The fourth-order valence-corrected chi connectivity index (χ4v) is 3.55. The van der Waals surface area contributed by atoms with E-state index in [0.29, 0.717) is 12.5 Å². The molecule has 1 amide bonds. The lowest BCUT2D eigenvalue weighted by atomic mass is 9.97. The molecule has 0 radical (unpaired) electrons. The van der Waals surface area contributed by atoms with Crippen LogP contribution in [0.25, 0.3) is 0 Å². The maximum Gasteiger partial charge on any atom is 0.307 e. The van der Waals surface area contributed by atoms with E-state index in [1.807, 2.05) is 13.8 Å². The number of rotatable bonds is 5. The average molecular weight is 269 g/mol. The van der Waals surface area contributed by atoms with Gasteiger partial charge in [0, 0.05) is 13.2 Å². The van der Waals surface area contributed by atoms with Gasteiger partial charge in [-0.05, 0) is 30.1 Å². The Bertz CT molecular complexity index is 380. The van der Waals surface area contributed by atoms with Crippen LogP contribution in [0, 0.1) is 29.1 Å². The van der Waals surface area contributed by atoms with Gasteiger partial charge in [-0.2, -0.15) is 0 Å². The second-order valence-corrected chi connectivity index (χ2v) is 6.49. The highest BCUT2D eigenvalue weighted by molar-refractivity contribution is 5.91. The highest BCUT2D eigenvalue weighted by Crippen LogP contribution is 2.58. The normalized spacial score (nSPS) is 35.9. The molecule has 5 heteroatoms. The van der Waals surface area contributed by atoms with Gasteiger partial charge in [-0.15, -0.1) is 0 Å². The number of hydrogen-bond acceptors (Lipinski definition) is 3. The van der Waals surface area contributed by atoms with E-state index in [9.17, 15) is 14.7 Å². The highest BCUT2D eigenvalue weighted by Gasteiger charge is 2.65. The molecule has 0 spiro atoms. The van der Waals surface area contributed by atoms with Gasteiger partial charge >= 0.3 is 5.97 Å². The number of nitrogens with one attached hydrogen (secondary N) is 1. The lowest BCUT2D eigenvalue weighted by Gasteiger charge is -2.18. The molecule has 2 saturated carbocycles. The largest absolute Gasteiger partial charge is 0.481 e. The molecule has 2 aliphatic carbocycles. The van der Waals surface area contributed by atoms with Gasteiger partial charge in [0.2, 0.25) is 5.91 Å².